The van der Waals surface area contributed by atoms with E-state index in [0.717, 1.165) is 11.3 Å². The molecule has 0 saturated carbocycles. The minimum atomic E-state index is 0.369. The third-order valence-corrected chi connectivity index (χ3v) is 2.31. The molecule has 0 aromatic heterocycles. The minimum Gasteiger partial charge on any atom is -0.493 e. The van der Waals surface area contributed by atoms with E-state index in [1.54, 1.807) is 0 Å². The van der Waals surface area contributed by atoms with Gasteiger partial charge in [-0.25, -0.2) is 0 Å². The van der Waals surface area contributed by atoms with Crippen molar-refractivity contribution in [1.29, 1.82) is 0 Å². The molecule has 2 nitrogen and oxygen atoms in total. The maximum absolute atomic E-state index is 5.86. The van der Waals surface area contributed by atoms with Gasteiger partial charge >= 0.3 is 0 Å². The lowest BCUT2D eigenvalue weighted by molar-refractivity contribution is 0.262. The fraction of sp³-hybridized carbons (Fsp3) is 0.455. The van der Waals surface area contributed by atoms with E-state index in [1.807, 2.05) is 25.1 Å². The number of aryl methyl sites for hydroxylation is 1. The Labute approximate surface area is 90.0 Å². The van der Waals surface area contributed by atoms with Crippen molar-refractivity contribution in [3.8, 4) is 5.75 Å². The largest absolute Gasteiger partial charge is 0.493 e. The van der Waals surface area contributed by atoms with Gasteiger partial charge in [0.15, 0.2) is 0 Å². The van der Waals surface area contributed by atoms with Crippen LogP contribution in [0.1, 0.15) is 12.5 Å². The summed E-state index contributed by atoms with van der Waals surface area (Å²) in [6.45, 7) is 5.33. The zero-order valence-electron chi connectivity index (χ0n) is 8.59. The van der Waals surface area contributed by atoms with Gasteiger partial charge < -0.3 is 10.5 Å². The Kier molecular flexibility index (Phi) is 4.23. The number of hydrogen-bond donors (Lipinski definition) is 1. The van der Waals surface area contributed by atoms with E-state index < -0.39 is 0 Å². The Bertz CT molecular complexity index is 301. The number of nitrogens with two attached hydrogens (primary N) is 1. The van der Waals surface area contributed by atoms with Crippen molar-refractivity contribution in [1.82, 2.24) is 0 Å². The van der Waals surface area contributed by atoms with Gasteiger partial charge in [-0.3, -0.25) is 0 Å². The molecule has 1 aromatic rings. The van der Waals surface area contributed by atoms with Crippen LogP contribution in [0.5, 0.6) is 5.75 Å². The van der Waals surface area contributed by atoms with E-state index in [-0.39, 0.29) is 0 Å². The second-order valence-corrected chi connectivity index (χ2v) is 4.00. The molecule has 1 unspecified atom stereocenters. The van der Waals surface area contributed by atoms with E-state index >= 15 is 0 Å². The van der Waals surface area contributed by atoms with Crippen LogP contribution in [-0.2, 0) is 0 Å². The van der Waals surface area contributed by atoms with Crippen molar-refractivity contribution in [3.05, 3.63) is 28.8 Å². The molecule has 1 aromatic carbocycles. The van der Waals surface area contributed by atoms with Crippen LogP contribution in [0, 0.1) is 12.8 Å². The summed E-state index contributed by atoms with van der Waals surface area (Å²) < 4.78 is 5.61. The standard InChI is InChI=1S/C11H16ClNO/c1-8(6-13)7-14-11-5-10(12)4-3-9(11)2/h3-5,8H,6-7,13H2,1-2H3. The van der Waals surface area contributed by atoms with Gasteiger partial charge in [0.1, 0.15) is 5.75 Å². The van der Waals surface area contributed by atoms with Crippen LogP contribution in [0.15, 0.2) is 18.2 Å². The summed E-state index contributed by atoms with van der Waals surface area (Å²) in [5, 5.41) is 0.700. The Morgan fingerprint density at radius 3 is 2.86 bits per heavy atom. The molecule has 0 amide bonds. The second-order valence-electron chi connectivity index (χ2n) is 3.56. The lowest BCUT2D eigenvalue weighted by Crippen LogP contribution is -2.18. The molecular weight excluding hydrogens is 198 g/mol. The van der Waals surface area contributed by atoms with E-state index in [1.165, 1.54) is 0 Å². The van der Waals surface area contributed by atoms with Crippen LogP contribution < -0.4 is 10.5 Å². The SMILES string of the molecule is Cc1ccc(Cl)cc1OCC(C)CN. The minimum absolute atomic E-state index is 0.369. The predicted octanol–water partition coefficient (Wildman–Crippen LogP) is 2.62. The van der Waals surface area contributed by atoms with Crippen molar-refractivity contribution < 1.29 is 4.74 Å². The first-order valence-corrected chi connectivity index (χ1v) is 5.10. The maximum atomic E-state index is 5.86. The number of hydrogen-bond acceptors (Lipinski definition) is 2. The molecule has 0 heterocycles. The Hall–Kier alpha value is -0.730. The molecule has 0 fully saturated rings. The molecule has 14 heavy (non-hydrogen) atoms. The molecule has 1 atom stereocenters. The average molecular weight is 214 g/mol. The summed E-state index contributed by atoms with van der Waals surface area (Å²) in [6, 6.07) is 5.64. The summed E-state index contributed by atoms with van der Waals surface area (Å²) in [7, 11) is 0. The summed E-state index contributed by atoms with van der Waals surface area (Å²) in [5.74, 6) is 1.21. The van der Waals surface area contributed by atoms with Crippen molar-refractivity contribution in [2.75, 3.05) is 13.2 Å². The Morgan fingerprint density at radius 1 is 1.50 bits per heavy atom. The molecule has 1 rings (SSSR count). The van der Waals surface area contributed by atoms with E-state index in [9.17, 15) is 0 Å². The normalized spacial score (nSPS) is 12.6. The van der Waals surface area contributed by atoms with Gasteiger partial charge in [0.05, 0.1) is 6.61 Å². The van der Waals surface area contributed by atoms with Gasteiger partial charge in [0.2, 0.25) is 0 Å². The highest BCUT2D eigenvalue weighted by Crippen LogP contribution is 2.22. The number of halogens is 1. The lowest BCUT2D eigenvalue weighted by Gasteiger charge is -2.12. The Morgan fingerprint density at radius 2 is 2.21 bits per heavy atom. The van der Waals surface area contributed by atoms with Crippen molar-refractivity contribution in [3.63, 3.8) is 0 Å². The van der Waals surface area contributed by atoms with Gasteiger partial charge in [-0.1, -0.05) is 24.6 Å². The summed E-state index contributed by atoms with van der Waals surface area (Å²) in [4.78, 5) is 0. The third kappa shape index (κ3) is 3.20. The number of rotatable bonds is 4. The fourth-order valence-corrected chi connectivity index (χ4v) is 1.19. The fourth-order valence-electron chi connectivity index (χ4n) is 1.03. The average Bonchev–Trinajstić information content (AvgIpc) is 2.19. The molecular formula is C11H16ClNO. The first-order valence-electron chi connectivity index (χ1n) is 4.72. The zero-order valence-corrected chi connectivity index (χ0v) is 9.34. The first kappa shape index (κ1) is 11.3. The van der Waals surface area contributed by atoms with Crippen LogP contribution in [0.25, 0.3) is 0 Å². The van der Waals surface area contributed by atoms with Gasteiger partial charge in [-0.15, -0.1) is 0 Å². The summed E-state index contributed by atoms with van der Waals surface area (Å²) >= 11 is 5.86. The second kappa shape index (κ2) is 5.23. The zero-order chi connectivity index (χ0) is 10.6. The van der Waals surface area contributed by atoms with Gasteiger partial charge in [0, 0.05) is 10.9 Å². The van der Waals surface area contributed by atoms with Crippen LogP contribution in [0.3, 0.4) is 0 Å². The van der Waals surface area contributed by atoms with Crippen molar-refractivity contribution in [2.24, 2.45) is 11.7 Å². The van der Waals surface area contributed by atoms with Crippen molar-refractivity contribution >= 4 is 11.6 Å². The topological polar surface area (TPSA) is 35.2 Å². The highest BCUT2D eigenvalue weighted by Gasteiger charge is 2.03. The summed E-state index contributed by atoms with van der Waals surface area (Å²) in [5.41, 5.74) is 6.59. The molecule has 0 saturated heterocycles. The molecule has 0 radical (unpaired) electrons. The molecule has 3 heteroatoms. The van der Waals surface area contributed by atoms with Crippen molar-refractivity contribution in [2.45, 2.75) is 13.8 Å². The molecule has 0 spiro atoms. The predicted molar refractivity (Wildman–Crippen MR) is 59.9 cm³/mol. The Balaban J connectivity index is 2.62. The third-order valence-electron chi connectivity index (χ3n) is 2.08. The maximum Gasteiger partial charge on any atom is 0.123 e. The quantitative estimate of drug-likeness (QED) is 0.835. The van der Waals surface area contributed by atoms with Crippen LogP contribution in [0.4, 0.5) is 0 Å². The monoisotopic (exact) mass is 213 g/mol. The summed E-state index contributed by atoms with van der Waals surface area (Å²) in [6.07, 6.45) is 0. The highest BCUT2D eigenvalue weighted by atomic mass is 35.5. The van der Waals surface area contributed by atoms with Crippen LogP contribution >= 0.6 is 11.6 Å². The van der Waals surface area contributed by atoms with E-state index in [2.05, 4.69) is 6.92 Å². The van der Waals surface area contributed by atoms with E-state index in [4.69, 9.17) is 22.1 Å². The highest BCUT2D eigenvalue weighted by molar-refractivity contribution is 6.30. The molecule has 78 valence electrons. The number of ether oxygens (including phenoxy) is 1. The van der Waals surface area contributed by atoms with Crippen LogP contribution in [0.2, 0.25) is 5.02 Å². The molecule has 0 bridgehead atoms. The molecule has 0 aliphatic rings. The molecule has 0 aliphatic carbocycles. The first-order chi connectivity index (χ1) is 6.63. The van der Waals surface area contributed by atoms with Crippen LogP contribution in [-0.4, -0.2) is 13.2 Å². The van der Waals surface area contributed by atoms with Gasteiger partial charge in [-0.05, 0) is 31.2 Å². The van der Waals surface area contributed by atoms with E-state index in [0.29, 0.717) is 24.1 Å². The van der Waals surface area contributed by atoms with Gasteiger partial charge in [0.25, 0.3) is 0 Å². The lowest BCUT2D eigenvalue weighted by atomic mass is 10.2. The smallest absolute Gasteiger partial charge is 0.123 e. The number of benzene rings is 1. The van der Waals surface area contributed by atoms with Gasteiger partial charge in [-0.2, -0.15) is 0 Å². The molecule has 2 N–H and O–H groups in total. The molecule has 0 aliphatic heterocycles.